The van der Waals surface area contributed by atoms with E-state index in [0.29, 0.717) is 22.4 Å². The quantitative estimate of drug-likeness (QED) is 0.564. The molecule has 3 rings (SSSR count). The molecule has 25 heavy (non-hydrogen) atoms. The summed E-state index contributed by atoms with van der Waals surface area (Å²) in [4.78, 5) is 12.6. The number of hydrogen-bond acceptors (Lipinski definition) is 5. The summed E-state index contributed by atoms with van der Waals surface area (Å²) in [7, 11) is 1.51. The first-order valence-electron chi connectivity index (χ1n) is 7.70. The number of carbonyl (C=O) groups is 1. The van der Waals surface area contributed by atoms with Crippen molar-refractivity contribution >= 4 is 22.6 Å². The Morgan fingerprint density at radius 3 is 2.52 bits per heavy atom. The maximum Gasteiger partial charge on any atom is 0.268 e. The van der Waals surface area contributed by atoms with Crippen LogP contribution in [0.2, 0.25) is 0 Å². The Morgan fingerprint density at radius 1 is 1.16 bits per heavy atom. The van der Waals surface area contributed by atoms with E-state index in [1.165, 1.54) is 7.11 Å². The molecule has 2 aromatic carbocycles. The summed E-state index contributed by atoms with van der Waals surface area (Å²) in [5.74, 6) is 0.0648. The number of anilines is 1. The molecule has 0 aliphatic heterocycles. The number of aryl methyl sites for hydroxylation is 2. The van der Waals surface area contributed by atoms with Crippen LogP contribution >= 0.6 is 0 Å². The summed E-state index contributed by atoms with van der Waals surface area (Å²) in [5.41, 5.74) is 3.09. The number of nitrogens with zero attached hydrogens (tertiary/aromatic N) is 1. The summed E-state index contributed by atoms with van der Waals surface area (Å²) >= 11 is 0. The van der Waals surface area contributed by atoms with Crippen LogP contribution in [0.5, 0.6) is 5.75 Å². The van der Waals surface area contributed by atoms with Crippen LogP contribution < -0.4 is 15.6 Å². The molecular weight excluding hydrogens is 320 g/mol. The minimum absolute atomic E-state index is 0.127. The molecule has 0 saturated carbocycles. The van der Waals surface area contributed by atoms with Gasteiger partial charge in [-0.05, 0) is 54.4 Å². The highest BCUT2D eigenvalue weighted by Gasteiger charge is 2.15. The molecule has 1 aromatic heterocycles. The topological polar surface area (TPSA) is 84.1 Å². The highest BCUT2D eigenvalue weighted by atomic mass is 16.5. The molecule has 128 valence electrons. The molecule has 0 radical (unpaired) electrons. The van der Waals surface area contributed by atoms with Gasteiger partial charge in [0, 0.05) is 11.1 Å². The molecule has 0 saturated heterocycles. The van der Waals surface area contributed by atoms with Crippen LogP contribution in [0.25, 0.3) is 11.0 Å². The minimum Gasteiger partial charge on any atom is -0.493 e. The molecule has 0 aliphatic carbocycles. The Hall–Kier alpha value is -3.28. The van der Waals surface area contributed by atoms with Crippen LogP contribution in [0.4, 0.5) is 5.69 Å². The normalized spacial score (nSPS) is 11.6. The zero-order valence-electron chi connectivity index (χ0n) is 14.2. The SMILES string of the molecule is COc1cccc2cc(C(=O)Nc3cc(C)cc(C)c3)c(=NO)oc12. The lowest BCUT2D eigenvalue weighted by molar-refractivity contribution is 0.102. The van der Waals surface area contributed by atoms with E-state index in [2.05, 4.69) is 10.5 Å². The number of rotatable bonds is 3. The summed E-state index contributed by atoms with van der Waals surface area (Å²) in [6, 6.07) is 12.6. The fourth-order valence-electron chi connectivity index (χ4n) is 2.77. The lowest BCUT2D eigenvalue weighted by Gasteiger charge is -2.09. The van der Waals surface area contributed by atoms with Crippen molar-refractivity contribution in [1.29, 1.82) is 0 Å². The molecule has 1 heterocycles. The van der Waals surface area contributed by atoms with E-state index in [9.17, 15) is 10.0 Å². The van der Waals surface area contributed by atoms with Crippen LogP contribution in [0.3, 0.4) is 0 Å². The van der Waals surface area contributed by atoms with E-state index >= 15 is 0 Å². The number of hydrogen-bond donors (Lipinski definition) is 2. The summed E-state index contributed by atoms with van der Waals surface area (Å²) in [5, 5.41) is 15.8. The van der Waals surface area contributed by atoms with Gasteiger partial charge in [-0.25, -0.2) is 0 Å². The second-order valence-corrected chi connectivity index (χ2v) is 5.77. The van der Waals surface area contributed by atoms with Crippen LogP contribution in [-0.4, -0.2) is 18.2 Å². The summed E-state index contributed by atoms with van der Waals surface area (Å²) in [6.45, 7) is 3.91. The molecule has 0 aliphatic rings. The van der Waals surface area contributed by atoms with Gasteiger partial charge in [-0.1, -0.05) is 18.2 Å². The first kappa shape index (κ1) is 16.6. The van der Waals surface area contributed by atoms with Crippen LogP contribution in [-0.2, 0) is 0 Å². The number of para-hydroxylation sites is 1. The number of nitrogens with one attached hydrogen (secondary N) is 1. The van der Waals surface area contributed by atoms with E-state index in [4.69, 9.17) is 9.15 Å². The minimum atomic E-state index is -0.425. The molecule has 0 atom stereocenters. The first-order valence-corrected chi connectivity index (χ1v) is 7.70. The van der Waals surface area contributed by atoms with E-state index in [1.54, 1.807) is 24.3 Å². The van der Waals surface area contributed by atoms with E-state index in [1.807, 2.05) is 32.0 Å². The fourth-order valence-corrected chi connectivity index (χ4v) is 2.77. The number of carbonyl (C=O) groups excluding carboxylic acids is 1. The van der Waals surface area contributed by atoms with Gasteiger partial charge in [-0.3, -0.25) is 4.79 Å². The second-order valence-electron chi connectivity index (χ2n) is 5.77. The lowest BCUT2D eigenvalue weighted by atomic mass is 10.1. The lowest BCUT2D eigenvalue weighted by Crippen LogP contribution is -2.21. The van der Waals surface area contributed by atoms with E-state index in [-0.39, 0.29) is 11.1 Å². The molecule has 1 amide bonds. The molecule has 6 heteroatoms. The Balaban J connectivity index is 2.06. The molecule has 0 spiro atoms. The van der Waals surface area contributed by atoms with Crippen molar-refractivity contribution in [1.82, 2.24) is 0 Å². The first-order chi connectivity index (χ1) is 12.0. The fraction of sp³-hybridized carbons (Fsp3) is 0.158. The highest BCUT2D eigenvalue weighted by Crippen LogP contribution is 2.24. The number of amides is 1. The Kier molecular flexibility index (Phi) is 4.43. The maximum absolute atomic E-state index is 12.6. The average molecular weight is 338 g/mol. The number of methoxy groups -OCH3 is 1. The predicted molar refractivity (Wildman–Crippen MR) is 94.0 cm³/mol. The van der Waals surface area contributed by atoms with Gasteiger partial charge in [0.05, 0.1) is 7.11 Å². The molecule has 6 nitrogen and oxygen atoms in total. The maximum atomic E-state index is 12.6. The van der Waals surface area contributed by atoms with Gasteiger partial charge in [0.1, 0.15) is 5.56 Å². The zero-order chi connectivity index (χ0) is 18.0. The monoisotopic (exact) mass is 338 g/mol. The van der Waals surface area contributed by atoms with Gasteiger partial charge in [0.2, 0.25) is 0 Å². The molecular formula is C19H18N2O4. The smallest absolute Gasteiger partial charge is 0.268 e. The van der Waals surface area contributed by atoms with Gasteiger partial charge in [-0.2, -0.15) is 0 Å². The summed E-state index contributed by atoms with van der Waals surface area (Å²) in [6.07, 6.45) is 0. The van der Waals surface area contributed by atoms with Gasteiger partial charge >= 0.3 is 0 Å². The largest absolute Gasteiger partial charge is 0.493 e. The van der Waals surface area contributed by atoms with Crippen molar-refractivity contribution < 1.29 is 19.2 Å². The number of fused-ring (bicyclic) bond motifs is 1. The number of benzene rings is 2. The van der Waals surface area contributed by atoms with Gasteiger partial charge in [0.15, 0.2) is 11.3 Å². The number of ether oxygens (including phenoxy) is 1. The van der Waals surface area contributed by atoms with Crippen molar-refractivity contribution in [2.45, 2.75) is 13.8 Å². The van der Waals surface area contributed by atoms with Crippen molar-refractivity contribution in [2.24, 2.45) is 5.16 Å². The zero-order valence-corrected chi connectivity index (χ0v) is 14.2. The van der Waals surface area contributed by atoms with Crippen LogP contribution in [0, 0.1) is 13.8 Å². The van der Waals surface area contributed by atoms with E-state index < -0.39 is 5.91 Å². The predicted octanol–water partition coefficient (Wildman–Crippen LogP) is 3.60. The Labute approximate surface area is 144 Å². The second kappa shape index (κ2) is 6.68. The van der Waals surface area contributed by atoms with Crippen molar-refractivity contribution in [3.63, 3.8) is 0 Å². The van der Waals surface area contributed by atoms with Gasteiger partial charge in [-0.15, -0.1) is 0 Å². The third kappa shape index (κ3) is 3.33. The highest BCUT2D eigenvalue weighted by molar-refractivity contribution is 6.05. The Morgan fingerprint density at radius 2 is 1.88 bits per heavy atom. The van der Waals surface area contributed by atoms with Gasteiger partial charge in [0.25, 0.3) is 11.5 Å². The molecule has 0 unspecified atom stereocenters. The van der Waals surface area contributed by atoms with E-state index in [0.717, 1.165) is 11.1 Å². The molecule has 0 fully saturated rings. The average Bonchev–Trinajstić information content (AvgIpc) is 2.58. The third-order valence-electron chi connectivity index (χ3n) is 3.77. The molecule has 3 aromatic rings. The van der Waals surface area contributed by atoms with Crippen molar-refractivity contribution in [3.05, 3.63) is 64.7 Å². The van der Waals surface area contributed by atoms with Crippen molar-refractivity contribution in [2.75, 3.05) is 12.4 Å². The molecule has 0 bridgehead atoms. The molecule has 2 N–H and O–H groups in total. The van der Waals surface area contributed by atoms with Gasteiger partial charge < -0.3 is 19.7 Å². The van der Waals surface area contributed by atoms with Crippen LogP contribution in [0.1, 0.15) is 21.5 Å². The third-order valence-corrected chi connectivity index (χ3v) is 3.77. The summed E-state index contributed by atoms with van der Waals surface area (Å²) < 4.78 is 10.8. The van der Waals surface area contributed by atoms with Crippen molar-refractivity contribution in [3.8, 4) is 5.75 Å². The standard InChI is InChI=1S/C19H18N2O4/c1-11-7-12(2)9-14(8-11)20-18(22)15-10-13-5-4-6-16(24-3)17(13)25-19(15)21-23/h4-10,23H,1-3H3,(H,20,22). The van der Waals surface area contributed by atoms with Crippen LogP contribution in [0.15, 0.2) is 52.0 Å². The Bertz CT molecular complexity index is 1000.